The number of anilines is 1. The van der Waals surface area contributed by atoms with Crippen LogP contribution in [0.1, 0.15) is 15.9 Å². The topological polar surface area (TPSA) is 29.1 Å². The van der Waals surface area contributed by atoms with Crippen molar-refractivity contribution in [2.45, 2.75) is 6.92 Å². The molecule has 0 aliphatic rings. The lowest BCUT2D eigenvalue weighted by Gasteiger charge is -2.07. The second-order valence-electron chi connectivity index (χ2n) is 3.65. The highest BCUT2D eigenvalue weighted by atomic mass is 35.5. The number of benzene rings is 1. The zero-order valence-corrected chi connectivity index (χ0v) is 11.6. The second-order valence-corrected chi connectivity index (χ2v) is 5.94. The molecule has 0 unspecified atom stereocenters. The van der Waals surface area contributed by atoms with Gasteiger partial charge in [-0.3, -0.25) is 4.79 Å². The van der Waals surface area contributed by atoms with E-state index in [1.165, 1.54) is 24.3 Å². The maximum absolute atomic E-state index is 12.9. The van der Waals surface area contributed by atoms with Crippen molar-refractivity contribution < 1.29 is 9.18 Å². The van der Waals surface area contributed by atoms with E-state index in [0.29, 0.717) is 25.5 Å². The van der Waals surface area contributed by atoms with E-state index in [4.69, 9.17) is 23.2 Å². The first-order chi connectivity index (χ1) is 8.47. The average molecular weight is 304 g/mol. The molecule has 2 nitrogen and oxygen atoms in total. The predicted molar refractivity (Wildman–Crippen MR) is 73.4 cm³/mol. The molecule has 2 rings (SSSR count). The highest BCUT2D eigenvalue weighted by Crippen LogP contribution is 2.31. The molecule has 18 heavy (non-hydrogen) atoms. The number of carbonyl (C=O) groups is 1. The van der Waals surface area contributed by atoms with Gasteiger partial charge in [-0.15, -0.1) is 11.3 Å². The van der Waals surface area contributed by atoms with E-state index in [0.717, 1.165) is 11.3 Å². The molecule has 0 saturated carbocycles. The van der Waals surface area contributed by atoms with Crippen molar-refractivity contribution in [3.05, 3.63) is 49.9 Å². The average Bonchev–Trinajstić information content (AvgIpc) is 2.62. The lowest BCUT2D eigenvalue weighted by atomic mass is 10.2. The van der Waals surface area contributed by atoms with Crippen LogP contribution in [0.3, 0.4) is 0 Å². The summed E-state index contributed by atoms with van der Waals surface area (Å²) in [7, 11) is 0. The Bertz CT molecular complexity index is 612. The number of aryl methyl sites for hydroxylation is 1. The van der Waals surface area contributed by atoms with Crippen LogP contribution in [0.2, 0.25) is 8.67 Å². The Morgan fingerprint density at radius 1 is 1.33 bits per heavy atom. The second kappa shape index (κ2) is 5.26. The van der Waals surface area contributed by atoms with Gasteiger partial charge in [0, 0.05) is 5.69 Å². The van der Waals surface area contributed by atoms with E-state index in [1.54, 1.807) is 6.92 Å². The Morgan fingerprint density at radius 3 is 2.61 bits per heavy atom. The van der Waals surface area contributed by atoms with Gasteiger partial charge in [0.15, 0.2) is 0 Å². The minimum atomic E-state index is -0.363. The molecule has 1 aromatic carbocycles. The molecule has 0 aliphatic carbocycles. The third kappa shape index (κ3) is 2.83. The van der Waals surface area contributed by atoms with Crippen molar-refractivity contribution in [2.75, 3.05) is 5.32 Å². The highest BCUT2D eigenvalue weighted by Gasteiger charge is 2.15. The standard InChI is InChI=1S/C12H8Cl2FNOS/c1-6-4-7(15)2-3-9(6)16-12(17)8-5-10(13)18-11(8)14/h2-5H,1H3,(H,16,17). The van der Waals surface area contributed by atoms with Crippen molar-refractivity contribution in [3.63, 3.8) is 0 Å². The summed E-state index contributed by atoms with van der Waals surface area (Å²) in [5, 5.41) is 2.67. The molecule has 0 spiro atoms. The van der Waals surface area contributed by atoms with Gasteiger partial charge in [0.25, 0.3) is 5.91 Å². The monoisotopic (exact) mass is 303 g/mol. The van der Waals surface area contributed by atoms with Gasteiger partial charge in [-0.25, -0.2) is 4.39 Å². The quantitative estimate of drug-likeness (QED) is 0.852. The van der Waals surface area contributed by atoms with Crippen molar-refractivity contribution in [3.8, 4) is 0 Å². The van der Waals surface area contributed by atoms with Crippen molar-refractivity contribution in [2.24, 2.45) is 0 Å². The summed E-state index contributed by atoms with van der Waals surface area (Å²) < 4.78 is 13.7. The molecule has 1 aromatic heterocycles. The molecule has 0 aliphatic heterocycles. The fourth-order valence-electron chi connectivity index (χ4n) is 1.45. The molecule has 0 atom stereocenters. The molecule has 6 heteroatoms. The predicted octanol–water partition coefficient (Wildman–Crippen LogP) is 4.75. The van der Waals surface area contributed by atoms with Gasteiger partial charge >= 0.3 is 0 Å². The van der Waals surface area contributed by atoms with Crippen molar-refractivity contribution in [1.29, 1.82) is 0 Å². The summed E-state index contributed by atoms with van der Waals surface area (Å²) in [5.74, 6) is -0.708. The van der Waals surface area contributed by atoms with Gasteiger partial charge in [0.2, 0.25) is 0 Å². The highest BCUT2D eigenvalue weighted by molar-refractivity contribution is 7.20. The van der Waals surface area contributed by atoms with Crippen LogP contribution in [0.15, 0.2) is 24.3 Å². The van der Waals surface area contributed by atoms with Crippen LogP contribution in [0.4, 0.5) is 10.1 Å². The van der Waals surface area contributed by atoms with Gasteiger partial charge in [0.05, 0.1) is 9.90 Å². The molecule has 1 N–H and O–H groups in total. The number of nitrogens with one attached hydrogen (secondary N) is 1. The van der Waals surface area contributed by atoms with Crippen LogP contribution in [0.25, 0.3) is 0 Å². The Kier molecular flexibility index (Phi) is 3.90. The summed E-state index contributed by atoms with van der Waals surface area (Å²) in [6, 6.07) is 5.63. The van der Waals surface area contributed by atoms with E-state index in [1.807, 2.05) is 0 Å². The van der Waals surface area contributed by atoms with Crippen molar-refractivity contribution in [1.82, 2.24) is 0 Å². The minimum absolute atomic E-state index is 0.315. The molecular weight excluding hydrogens is 296 g/mol. The zero-order valence-electron chi connectivity index (χ0n) is 9.26. The van der Waals surface area contributed by atoms with E-state index in [2.05, 4.69) is 5.32 Å². The summed E-state index contributed by atoms with van der Waals surface area (Å²) in [6.07, 6.45) is 0. The van der Waals surface area contributed by atoms with Crippen LogP contribution < -0.4 is 5.32 Å². The largest absolute Gasteiger partial charge is 0.322 e. The smallest absolute Gasteiger partial charge is 0.258 e. The first-order valence-corrected chi connectivity index (χ1v) is 6.57. The fourth-order valence-corrected chi connectivity index (χ4v) is 2.91. The molecule has 1 amide bonds. The van der Waals surface area contributed by atoms with Crippen LogP contribution >= 0.6 is 34.5 Å². The first-order valence-electron chi connectivity index (χ1n) is 4.99. The summed E-state index contributed by atoms with van der Waals surface area (Å²) in [5.41, 5.74) is 1.50. The number of thiophene rings is 1. The minimum Gasteiger partial charge on any atom is -0.322 e. The van der Waals surface area contributed by atoms with Crippen LogP contribution in [0.5, 0.6) is 0 Å². The Hall–Kier alpha value is -1.10. The van der Waals surface area contributed by atoms with Gasteiger partial charge in [-0.2, -0.15) is 0 Å². The first kappa shape index (κ1) is 13.3. The maximum atomic E-state index is 12.9. The molecular formula is C12H8Cl2FNOS. The van der Waals surface area contributed by atoms with Crippen LogP contribution in [-0.2, 0) is 0 Å². The SMILES string of the molecule is Cc1cc(F)ccc1NC(=O)c1cc(Cl)sc1Cl. The number of rotatable bonds is 2. The number of carbonyl (C=O) groups excluding carboxylic acids is 1. The Labute approximate surface area is 117 Å². The Balaban J connectivity index is 2.24. The fraction of sp³-hybridized carbons (Fsp3) is 0.0833. The number of hydrogen-bond acceptors (Lipinski definition) is 2. The molecule has 1 heterocycles. The lowest BCUT2D eigenvalue weighted by molar-refractivity contribution is 0.102. The third-order valence-corrected chi connectivity index (χ3v) is 3.83. The Morgan fingerprint density at radius 2 is 2.06 bits per heavy atom. The molecule has 2 aromatic rings. The molecule has 0 saturated heterocycles. The number of halogens is 3. The number of hydrogen-bond donors (Lipinski definition) is 1. The van der Waals surface area contributed by atoms with Crippen molar-refractivity contribution >= 4 is 46.1 Å². The summed E-state index contributed by atoms with van der Waals surface area (Å²) in [4.78, 5) is 11.9. The van der Waals surface area contributed by atoms with E-state index < -0.39 is 0 Å². The van der Waals surface area contributed by atoms with Crippen LogP contribution in [0, 0.1) is 12.7 Å². The van der Waals surface area contributed by atoms with Gasteiger partial charge in [-0.1, -0.05) is 23.2 Å². The molecule has 0 radical (unpaired) electrons. The van der Waals surface area contributed by atoms with E-state index >= 15 is 0 Å². The van der Waals surface area contributed by atoms with E-state index in [-0.39, 0.29) is 11.7 Å². The van der Waals surface area contributed by atoms with E-state index in [9.17, 15) is 9.18 Å². The third-order valence-electron chi connectivity index (χ3n) is 2.34. The lowest BCUT2D eigenvalue weighted by Crippen LogP contribution is -2.12. The maximum Gasteiger partial charge on any atom is 0.258 e. The normalized spacial score (nSPS) is 10.4. The van der Waals surface area contributed by atoms with Gasteiger partial charge in [0.1, 0.15) is 10.2 Å². The van der Waals surface area contributed by atoms with Crippen LogP contribution in [-0.4, -0.2) is 5.91 Å². The molecule has 94 valence electrons. The van der Waals surface area contributed by atoms with Gasteiger partial charge < -0.3 is 5.32 Å². The number of amides is 1. The molecule has 0 fully saturated rings. The van der Waals surface area contributed by atoms with Gasteiger partial charge in [-0.05, 0) is 36.8 Å². The summed E-state index contributed by atoms with van der Waals surface area (Å²) >= 11 is 12.8. The summed E-state index contributed by atoms with van der Waals surface area (Å²) in [6.45, 7) is 1.71. The molecule has 0 bridgehead atoms. The zero-order chi connectivity index (χ0) is 13.3.